The van der Waals surface area contributed by atoms with Crippen molar-refractivity contribution in [2.24, 2.45) is 0 Å². The average Bonchev–Trinajstić information content (AvgIpc) is 2.45. The van der Waals surface area contributed by atoms with Gasteiger partial charge in [-0.05, 0) is 37.6 Å². The second-order valence-electron chi connectivity index (χ2n) is 5.42. The monoisotopic (exact) mass is 363 g/mol. The maximum atomic E-state index is 12.4. The third-order valence-electron chi connectivity index (χ3n) is 3.31. The van der Waals surface area contributed by atoms with E-state index in [0.717, 1.165) is 6.26 Å². The van der Waals surface area contributed by atoms with Gasteiger partial charge in [0.25, 0.3) is 0 Å². The van der Waals surface area contributed by atoms with Gasteiger partial charge in [0.05, 0.1) is 16.9 Å². The fourth-order valence-electron chi connectivity index (χ4n) is 2.14. The summed E-state index contributed by atoms with van der Waals surface area (Å²) in [5, 5.41) is 0. The van der Waals surface area contributed by atoms with Gasteiger partial charge in [-0.3, -0.25) is 4.79 Å². The van der Waals surface area contributed by atoms with Gasteiger partial charge in [0, 0.05) is 6.26 Å². The predicted molar refractivity (Wildman–Crippen MR) is 85.2 cm³/mol. The summed E-state index contributed by atoms with van der Waals surface area (Å²) in [4.78, 5) is 11.8. The van der Waals surface area contributed by atoms with Crippen LogP contribution in [0.3, 0.4) is 0 Å². The number of methoxy groups -OCH3 is 1. The van der Waals surface area contributed by atoms with Crippen LogP contribution in [0.2, 0.25) is 0 Å². The van der Waals surface area contributed by atoms with Crippen LogP contribution in [0.4, 0.5) is 0 Å². The zero-order chi connectivity index (χ0) is 17.9. The third-order valence-corrected chi connectivity index (χ3v) is 6.05. The molecule has 0 amide bonds. The molecule has 0 aromatic heterocycles. The zero-order valence-electron chi connectivity index (χ0n) is 13.5. The van der Waals surface area contributed by atoms with Crippen LogP contribution in [0.1, 0.15) is 26.7 Å². The van der Waals surface area contributed by atoms with Crippen molar-refractivity contribution in [2.45, 2.75) is 42.0 Å². The first-order valence-electron chi connectivity index (χ1n) is 6.89. The number of esters is 1. The van der Waals surface area contributed by atoms with E-state index in [1.165, 1.54) is 38.3 Å². The molecular formula is C14H21NO6S2. The zero-order valence-corrected chi connectivity index (χ0v) is 15.1. The lowest BCUT2D eigenvalue weighted by molar-refractivity contribution is -0.147. The number of carbonyl (C=O) groups excluding carboxylic acids is 1. The highest BCUT2D eigenvalue weighted by Gasteiger charge is 2.38. The largest absolute Gasteiger partial charge is 0.468 e. The van der Waals surface area contributed by atoms with E-state index in [2.05, 4.69) is 9.46 Å². The van der Waals surface area contributed by atoms with E-state index >= 15 is 0 Å². The Morgan fingerprint density at radius 1 is 1.13 bits per heavy atom. The normalized spacial score (nSPS) is 15.0. The Bertz CT molecular complexity index is 768. The molecule has 1 atom stereocenters. The van der Waals surface area contributed by atoms with Crippen molar-refractivity contribution in [3.63, 3.8) is 0 Å². The smallest absolute Gasteiger partial charge is 0.326 e. The maximum absolute atomic E-state index is 12.4. The Morgan fingerprint density at radius 2 is 1.61 bits per heavy atom. The molecule has 0 unspecified atom stereocenters. The molecule has 0 fully saturated rings. The van der Waals surface area contributed by atoms with Crippen LogP contribution in [0.25, 0.3) is 0 Å². The van der Waals surface area contributed by atoms with Gasteiger partial charge >= 0.3 is 5.97 Å². The summed E-state index contributed by atoms with van der Waals surface area (Å²) in [5.41, 5.74) is -1.39. The van der Waals surface area contributed by atoms with Crippen LogP contribution < -0.4 is 4.72 Å². The van der Waals surface area contributed by atoms with Gasteiger partial charge in [-0.2, -0.15) is 4.72 Å². The molecule has 1 aromatic carbocycles. The van der Waals surface area contributed by atoms with Crippen LogP contribution in [0.15, 0.2) is 34.1 Å². The van der Waals surface area contributed by atoms with Crippen LogP contribution in [0, 0.1) is 0 Å². The standard InChI is InChI=1S/C14H21NO6S2/c1-5-10-14(2,13(16)21-3)15-23(19,20)12-8-6-11(7-9-12)22(4,17)18/h6-9,15H,5,10H2,1-4H3/t14-/m0/s1. The fraction of sp³-hybridized carbons (Fsp3) is 0.500. The molecule has 0 aliphatic rings. The summed E-state index contributed by atoms with van der Waals surface area (Å²) in [5.74, 6) is -0.685. The summed E-state index contributed by atoms with van der Waals surface area (Å²) in [6.45, 7) is 3.27. The summed E-state index contributed by atoms with van der Waals surface area (Å²) in [6.07, 6.45) is 1.87. The lowest BCUT2D eigenvalue weighted by Crippen LogP contribution is -2.52. The topological polar surface area (TPSA) is 107 Å². The van der Waals surface area contributed by atoms with E-state index in [9.17, 15) is 21.6 Å². The molecule has 0 aliphatic heterocycles. The van der Waals surface area contributed by atoms with Gasteiger partial charge in [-0.1, -0.05) is 13.3 Å². The van der Waals surface area contributed by atoms with Crippen LogP contribution in [0.5, 0.6) is 0 Å². The Hall–Kier alpha value is -1.45. The first kappa shape index (κ1) is 19.6. The molecule has 0 spiro atoms. The van der Waals surface area contributed by atoms with Crippen LogP contribution >= 0.6 is 0 Å². The highest BCUT2D eigenvalue weighted by molar-refractivity contribution is 7.90. The van der Waals surface area contributed by atoms with Gasteiger partial charge in [-0.25, -0.2) is 16.8 Å². The Kier molecular flexibility index (Phi) is 5.95. The summed E-state index contributed by atoms with van der Waals surface area (Å²) in [6, 6.07) is 4.78. The molecule has 0 aliphatic carbocycles. The van der Waals surface area contributed by atoms with E-state index in [1.807, 2.05) is 6.92 Å². The second kappa shape index (κ2) is 6.98. The van der Waals surface area contributed by atoms with Crippen molar-refractivity contribution >= 4 is 25.8 Å². The van der Waals surface area contributed by atoms with E-state index in [4.69, 9.17) is 0 Å². The number of ether oxygens (including phenoxy) is 1. The van der Waals surface area contributed by atoms with Crippen LogP contribution in [-0.2, 0) is 29.4 Å². The molecule has 1 N–H and O–H groups in total. The van der Waals surface area contributed by atoms with E-state index < -0.39 is 31.4 Å². The van der Waals surface area contributed by atoms with Crippen molar-refractivity contribution in [2.75, 3.05) is 13.4 Å². The maximum Gasteiger partial charge on any atom is 0.326 e. The molecule has 0 bridgehead atoms. The van der Waals surface area contributed by atoms with Crippen molar-refractivity contribution in [1.29, 1.82) is 0 Å². The number of nitrogens with one attached hydrogen (secondary N) is 1. The lowest BCUT2D eigenvalue weighted by atomic mass is 9.98. The van der Waals surface area contributed by atoms with Gasteiger partial charge in [0.15, 0.2) is 9.84 Å². The van der Waals surface area contributed by atoms with Gasteiger partial charge in [-0.15, -0.1) is 0 Å². The highest BCUT2D eigenvalue weighted by Crippen LogP contribution is 2.20. The number of benzene rings is 1. The molecule has 0 saturated carbocycles. The third kappa shape index (κ3) is 4.76. The van der Waals surface area contributed by atoms with E-state index in [1.54, 1.807) is 0 Å². The molecule has 0 saturated heterocycles. The van der Waals surface area contributed by atoms with Crippen LogP contribution in [-0.4, -0.2) is 41.7 Å². The highest BCUT2D eigenvalue weighted by atomic mass is 32.2. The number of hydrogen-bond acceptors (Lipinski definition) is 6. The number of rotatable bonds is 7. The molecule has 130 valence electrons. The minimum Gasteiger partial charge on any atom is -0.468 e. The SMILES string of the molecule is CCC[C@](C)(NS(=O)(=O)c1ccc(S(C)(=O)=O)cc1)C(=O)OC. The summed E-state index contributed by atoms with van der Waals surface area (Å²) >= 11 is 0. The Balaban J connectivity index is 3.18. The number of hydrogen-bond donors (Lipinski definition) is 1. The summed E-state index contributed by atoms with van der Waals surface area (Å²) in [7, 11) is -6.23. The number of sulfonamides is 1. The quantitative estimate of drug-likeness (QED) is 0.727. The Morgan fingerprint density at radius 3 is 2.00 bits per heavy atom. The summed E-state index contributed by atoms with van der Waals surface area (Å²) < 4.78 is 54.7. The van der Waals surface area contributed by atoms with Crippen molar-refractivity contribution in [3.05, 3.63) is 24.3 Å². The Labute approximate surface area is 137 Å². The molecule has 1 aromatic rings. The van der Waals surface area contributed by atoms with Crippen molar-refractivity contribution in [1.82, 2.24) is 4.72 Å². The lowest BCUT2D eigenvalue weighted by Gasteiger charge is -2.27. The second-order valence-corrected chi connectivity index (χ2v) is 9.12. The minimum absolute atomic E-state index is 0.0146. The van der Waals surface area contributed by atoms with Crippen molar-refractivity contribution in [3.8, 4) is 0 Å². The molecule has 23 heavy (non-hydrogen) atoms. The first-order chi connectivity index (χ1) is 10.5. The molecule has 9 heteroatoms. The predicted octanol–water partition coefficient (Wildman–Crippen LogP) is 1.10. The first-order valence-corrected chi connectivity index (χ1v) is 10.3. The van der Waals surface area contributed by atoms with Crippen molar-refractivity contribution < 1.29 is 26.4 Å². The fourth-order valence-corrected chi connectivity index (χ4v) is 4.16. The number of carbonyl (C=O) groups is 1. The number of sulfone groups is 1. The molecule has 7 nitrogen and oxygen atoms in total. The molecule has 0 heterocycles. The molecular weight excluding hydrogens is 342 g/mol. The van der Waals surface area contributed by atoms with Gasteiger partial charge in [0.2, 0.25) is 10.0 Å². The van der Waals surface area contributed by atoms with Gasteiger partial charge < -0.3 is 4.74 Å². The molecule has 1 rings (SSSR count). The average molecular weight is 363 g/mol. The molecule has 0 radical (unpaired) electrons. The minimum atomic E-state index is -4.00. The van der Waals surface area contributed by atoms with E-state index in [-0.39, 0.29) is 16.2 Å². The van der Waals surface area contributed by atoms with E-state index in [0.29, 0.717) is 6.42 Å². The van der Waals surface area contributed by atoms with Gasteiger partial charge in [0.1, 0.15) is 5.54 Å².